The molecule has 0 fully saturated rings. The number of esters is 1. The lowest BCUT2D eigenvalue weighted by molar-refractivity contribution is -0.138. The van der Waals surface area contributed by atoms with Crippen LogP contribution in [-0.2, 0) is 22.8 Å². The van der Waals surface area contributed by atoms with E-state index in [1.54, 1.807) is 24.9 Å². The van der Waals surface area contributed by atoms with Crippen LogP contribution in [0.5, 0.6) is 0 Å². The average Bonchev–Trinajstić information content (AvgIpc) is 3.25. The minimum absolute atomic E-state index is 0.224. The zero-order valence-corrected chi connectivity index (χ0v) is 18.9. The molecule has 33 heavy (non-hydrogen) atoms. The minimum atomic E-state index is -4.44. The maximum absolute atomic E-state index is 13.4. The Kier molecular flexibility index (Phi) is 5.61. The molecule has 3 aromatic rings. The van der Waals surface area contributed by atoms with Crippen molar-refractivity contribution in [1.82, 2.24) is 14.3 Å². The summed E-state index contributed by atoms with van der Waals surface area (Å²) < 4.78 is 46.8. The number of benzene rings is 1. The van der Waals surface area contributed by atoms with Crippen molar-refractivity contribution >= 4 is 23.4 Å². The molecule has 1 unspecified atom stereocenters. The van der Waals surface area contributed by atoms with Gasteiger partial charge in [0.15, 0.2) is 4.80 Å². The molecular formula is C22H19F3N4O3S. The smallest absolute Gasteiger partial charge is 0.416 e. The summed E-state index contributed by atoms with van der Waals surface area (Å²) in [5.74, 6) is -0.610. The number of hydrogen-bond donors (Lipinski definition) is 0. The fraction of sp³-hybridized carbons (Fsp3) is 0.273. The van der Waals surface area contributed by atoms with Crippen molar-refractivity contribution in [2.45, 2.75) is 26.1 Å². The number of ether oxygens (including phenoxy) is 1. The molecule has 0 N–H and O–H groups in total. The Labute approximate surface area is 189 Å². The third-order valence-electron chi connectivity index (χ3n) is 5.53. The molecule has 2 aromatic heterocycles. The topological polar surface area (TPSA) is 78.5 Å². The number of aryl methyl sites for hydroxylation is 1. The van der Waals surface area contributed by atoms with Crippen LogP contribution in [0.15, 0.2) is 51.5 Å². The number of allylic oxidation sites excluding steroid dienone is 1. The summed E-state index contributed by atoms with van der Waals surface area (Å²) in [6, 6.07) is 3.73. The molecule has 11 heteroatoms. The predicted molar refractivity (Wildman–Crippen MR) is 115 cm³/mol. The van der Waals surface area contributed by atoms with Gasteiger partial charge in [-0.3, -0.25) is 14.0 Å². The Morgan fingerprint density at radius 1 is 1.21 bits per heavy atom. The number of aromatic nitrogens is 3. The lowest BCUT2D eigenvalue weighted by Crippen LogP contribution is -2.40. The Morgan fingerprint density at radius 3 is 2.42 bits per heavy atom. The van der Waals surface area contributed by atoms with Crippen LogP contribution in [0.2, 0.25) is 0 Å². The van der Waals surface area contributed by atoms with Crippen molar-refractivity contribution in [3.05, 3.63) is 83.8 Å². The Hall–Kier alpha value is -3.47. The first-order valence-corrected chi connectivity index (χ1v) is 10.6. The molecule has 4 rings (SSSR count). The van der Waals surface area contributed by atoms with Crippen molar-refractivity contribution in [3.8, 4) is 0 Å². The summed E-state index contributed by atoms with van der Waals surface area (Å²) >= 11 is 1.10. The lowest BCUT2D eigenvalue weighted by Gasteiger charge is -2.23. The van der Waals surface area contributed by atoms with Gasteiger partial charge in [-0.05, 0) is 37.6 Å². The highest BCUT2D eigenvalue weighted by molar-refractivity contribution is 7.07. The number of thiazole rings is 1. The number of rotatable bonds is 3. The zero-order valence-electron chi connectivity index (χ0n) is 18.1. The van der Waals surface area contributed by atoms with E-state index < -0.39 is 29.3 Å². The number of halogens is 3. The second-order valence-corrected chi connectivity index (χ2v) is 8.51. The van der Waals surface area contributed by atoms with Crippen molar-refractivity contribution in [2.75, 3.05) is 7.11 Å². The average molecular weight is 476 g/mol. The molecule has 1 atom stereocenters. The number of carbonyl (C=O) groups excluding carboxylic acids is 1. The second-order valence-electron chi connectivity index (χ2n) is 7.50. The fourth-order valence-corrected chi connectivity index (χ4v) is 4.74. The molecule has 172 valence electrons. The van der Waals surface area contributed by atoms with Gasteiger partial charge in [-0.1, -0.05) is 23.5 Å². The first-order chi connectivity index (χ1) is 15.5. The van der Waals surface area contributed by atoms with Gasteiger partial charge in [0.1, 0.15) is 6.04 Å². The van der Waals surface area contributed by atoms with E-state index in [-0.39, 0.29) is 10.1 Å². The predicted octanol–water partition coefficient (Wildman–Crippen LogP) is 2.47. The highest BCUT2D eigenvalue weighted by Crippen LogP contribution is 2.32. The Bertz CT molecular complexity index is 1460. The van der Waals surface area contributed by atoms with E-state index in [2.05, 4.69) is 10.1 Å². The van der Waals surface area contributed by atoms with Gasteiger partial charge < -0.3 is 4.74 Å². The third-order valence-corrected chi connectivity index (χ3v) is 6.51. The maximum Gasteiger partial charge on any atom is 0.416 e. The summed E-state index contributed by atoms with van der Waals surface area (Å²) in [5, 5.41) is 4.24. The molecule has 0 radical (unpaired) electrons. The second kappa shape index (κ2) is 8.14. The standard InChI is InChI=1S/C22H19F3N4O3S/c1-11-17(20(31)32-4)18(15-10-26-28(3)12(15)2)29-19(30)16(33-21(29)27-11)9-13-5-7-14(8-6-13)22(23,24)25/h5-10,18H,1-4H3/b16-9+. The summed E-state index contributed by atoms with van der Waals surface area (Å²) in [6.45, 7) is 3.49. The molecule has 0 amide bonds. The van der Waals surface area contributed by atoms with Crippen LogP contribution < -0.4 is 14.9 Å². The van der Waals surface area contributed by atoms with E-state index in [9.17, 15) is 22.8 Å². The van der Waals surface area contributed by atoms with Gasteiger partial charge in [0, 0.05) is 18.3 Å². The molecule has 0 spiro atoms. The van der Waals surface area contributed by atoms with Gasteiger partial charge in [0.2, 0.25) is 0 Å². The van der Waals surface area contributed by atoms with Crippen molar-refractivity contribution in [3.63, 3.8) is 0 Å². The van der Waals surface area contributed by atoms with Gasteiger partial charge in [0.25, 0.3) is 5.56 Å². The van der Waals surface area contributed by atoms with E-state index in [0.29, 0.717) is 21.6 Å². The number of fused-ring (bicyclic) bond motifs is 1. The maximum atomic E-state index is 13.4. The summed E-state index contributed by atoms with van der Waals surface area (Å²) in [7, 11) is 3.01. The van der Waals surface area contributed by atoms with Crippen molar-refractivity contribution < 1.29 is 22.7 Å². The van der Waals surface area contributed by atoms with Gasteiger partial charge in [0.05, 0.1) is 34.7 Å². The van der Waals surface area contributed by atoms with Gasteiger partial charge >= 0.3 is 12.1 Å². The SMILES string of the molecule is COC(=O)C1=C(C)N=c2s/c(=C/c3ccc(C(F)(F)F)cc3)c(=O)n2C1c1cnn(C)c1C. The monoisotopic (exact) mass is 476 g/mol. The van der Waals surface area contributed by atoms with Crippen LogP contribution in [0.1, 0.15) is 35.3 Å². The fourth-order valence-electron chi connectivity index (χ4n) is 3.69. The van der Waals surface area contributed by atoms with Gasteiger partial charge in [-0.2, -0.15) is 18.3 Å². The Balaban J connectivity index is 1.92. The van der Waals surface area contributed by atoms with Crippen LogP contribution in [0.4, 0.5) is 13.2 Å². The highest BCUT2D eigenvalue weighted by Gasteiger charge is 2.35. The summed E-state index contributed by atoms with van der Waals surface area (Å²) in [5.41, 5.74) is 1.29. The molecule has 3 heterocycles. The molecule has 1 aromatic carbocycles. The number of methoxy groups -OCH3 is 1. The van der Waals surface area contributed by atoms with Crippen LogP contribution in [0, 0.1) is 6.92 Å². The van der Waals surface area contributed by atoms with Crippen LogP contribution >= 0.6 is 11.3 Å². The van der Waals surface area contributed by atoms with Crippen LogP contribution in [0.25, 0.3) is 6.08 Å². The first kappa shape index (κ1) is 22.7. The quantitative estimate of drug-likeness (QED) is 0.544. The van der Waals surface area contributed by atoms with Crippen LogP contribution in [-0.4, -0.2) is 27.4 Å². The highest BCUT2D eigenvalue weighted by atomic mass is 32.1. The van der Waals surface area contributed by atoms with E-state index in [1.807, 2.05) is 6.92 Å². The first-order valence-electron chi connectivity index (χ1n) is 9.79. The van der Waals surface area contributed by atoms with Crippen molar-refractivity contribution in [1.29, 1.82) is 0 Å². The van der Waals surface area contributed by atoms with Crippen molar-refractivity contribution in [2.24, 2.45) is 12.0 Å². The largest absolute Gasteiger partial charge is 0.466 e. The summed E-state index contributed by atoms with van der Waals surface area (Å²) in [4.78, 5) is 30.9. The zero-order chi connectivity index (χ0) is 24.1. The number of nitrogens with zero attached hydrogens (tertiary/aromatic N) is 4. The molecule has 1 aliphatic heterocycles. The van der Waals surface area contributed by atoms with E-state index in [4.69, 9.17) is 4.74 Å². The minimum Gasteiger partial charge on any atom is -0.466 e. The number of carbonyl (C=O) groups is 1. The molecule has 0 bridgehead atoms. The lowest BCUT2D eigenvalue weighted by atomic mass is 9.96. The van der Waals surface area contributed by atoms with Crippen LogP contribution in [0.3, 0.4) is 0 Å². The molecule has 1 aliphatic rings. The number of hydrogen-bond acceptors (Lipinski definition) is 6. The third kappa shape index (κ3) is 3.92. The molecule has 7 nitrogen and oxygen atoms in total. The van der Waals surface area contributed by atoms with E-state index in [1.165, 1.54) is 29.9 Å². The molecule has 0 aliphatic carbocycles. The normalized spacial score (nSPS) is 16.6. The van der Waals surface area contributed by atoms with Gasteiger partial charge in [-0.15, -0.1) is 0 Å². The molecule has 0 saturated heterocycles. The molecular weight excluding hydrogens is 457 g/mol. The van der Waals surface area contributed by atoms with E-state index >= 15 is 0 Å². The van der Waals surface area contributed by atoms with E-state index in [0.717, 1.165) is 29.2 Å². The van der Waals surface area contributed by atoms with Gasteiger partial charge in [-0.25, -0.2) is 9.79 Å². The number of alkyl halides is 3. The summed E-state index contributed by atoms with van der Waals surface area (Å²) in [6.07, 6.45) is -1.34. The Morgan fingerprint density at radius 2 is 1.88 bits per heavy atom. The molecule has 0 saturated carbocycles.